The van der Waals surface area contributed by atoms with E-state index < -0.39 is 0 Å². The lowest BCUT2D eigenvalue weighted by atomic mass is 10.2. The largest absolute Gasteiger partial charge is 0.483 e. The predicted octanol–water partition coefficient (Wildman–Crippen LogP) is 3.69. The van der Waals surface area contributed by atoms with E-state index in [1.807, 2.05) is 6.07 Å². The van der Waals surface area contributed by atoms with Crippen molar-refractivity contribution in [3.8, 4) is 5.75 Å². The molecule has 0 unspecified atom stereocenters. The van der Waals surface area contributed by atoms with Crippen LogP contribution >= 0.6 is 0 Å². The van der Waals surface area contributed by atoms with E-state index >= 15 is 0 Å². The van der Waals surface area contributed by atoms with Gasteiger partial charge >= 0.3 is 0 Å². The summed E-state index contributed by atoms with van der Waals surface area (Å²) >= 11 is 0. The molecule has 0 saturated heterocycles. The Balaban J connectivity index is 1.39. The topological polar surface area (TPSA) is 81.9 Å². The van der Waals surface area contributed by atoms with Gasteiger partial charge < -0.3 is 10.1 Å². The van der Waals surface area contributed by atoms with Gasteiger partial charge in [0.2, 0.25) is 0 Å². The van der Waals surface area contributed by atoms with Gasteiger partial charge in [-0.2, -0.15) is 0 Å². The van der Waals surface area contributed by atoms with E-state index in [0.29, 0.717) is 29.4 Å². The highest BCUT2D eigenvalue weighted by atomic mass is 19.1. The van der Waals surface area contributed by atoms with Crippen LogP contribution in [0.4, 0.5) is 10.2 Å². The molecule has 0 fully saturated rings. The minimum absolute atomic E-state index is 0.156. The first-order chi connectivity index (χ1) is 14.7. The summed E-state index contributed by atoms with van der Waals surface area (Å²) in [7, 11) is 0. The average Bonchev–Trinajstić information content (AvgIpc) is 3.22. The van der Waals surface area contributed by atoms with Crippen LogP contribution in [-0.2, 0) is 13.2 Å². The molecule has 0 bridgehead atoms. The maximum absolute atomic E-state index is 13.0. The zero-order valence-corrected chi connectivity index (χ0v) is 15.9. The van der Waals surface area contributed by atoms with E-state index in [9.17, 15) is 9.18 Å². The summed E-state index contributed by atoms with van der Waals surface area (Å²) in [6.07, 6.45) is 3.33. The number of ether oxygens (including phenoxy) is 1. The zero-order valence-electron chi connectivity index (χ0n) is 15.9. The average molecular weight is 403 g/mol. The molecule has 0 atom stereocenters. The van der Waals surface area contributed by atoms with Gasteiger partial charge in [-0.05, 0) is 42.0 Å². The SMILES string of the molecule is O=C(Nc1ncccc1OCc1cn(Cc2ccc(F)cc2)nn1)c1ccccc1. The second kappa shape index (κ2) is 8.95. The highest BCUT2D eigenvalue weighted by Gasteiger charge is 2.12. The minimum atomic E-state index is -0.280. The summed E-state index contributed by atoms with van der Waals surface area (Å²) in [5.41, 5.74) is 2.05. The van der Waals surface area contributed by atoms with E-state index in [-0.39, 0.29) is 18.3 Å². The van der Waals surface area contributed by atoms with E-state index in [2.05, 4.69) is 20.6 Å². The number of hydrogen-bond acceptors (Lipinski definition) is 5. The third-order valence-corrected chi connectivity index (χ3v) is 4.26. The molecule has 2 aromatic heterocycles. The Morgan fingerprint density at radius 2 is 1.83 bits per heavy atom. The molecule has 7 nitrogen and oxygen atoms in total. The predicted molar refractivity (Wildman–Crippen MR) is 108 cm³/mol. The second-order valence-corrected chi connectivity index (χ2v) is 6.49. The van der Waals surface area contributed by atoms with Crippen LogP contribution in [0.2, 0.25) is 0 Å². The van der Waals surface area contributed by atoms with Crippen molar-refractivity contribution in [2.75, 3.05) is 5.32 Å². The van der Waals surface area contributed by atoms with E-state index in [0.717, 1.165) is 5.56 Å². The normalized spacial score (nSPS) is 10.6. The van der Waals surface area contributed by atoms with Crippen LogP contribution in [0.15, 0.2) is 79.1 Å². The van der Waals surface area contributed by atoms with Crippen molar-refractivity contribution >= 4 is 11.7 Å². The molecule has 0 saturated carbocycles. The van der Waals surface area contributed by atoms with Gasteiger partial charge in [-0.15, -0.1) is 5.10 Å². The number of carbonyl (C=O) groups excluding carboxylic acids is 1. The summed E-state index contributed by atoms with van der Waals surface area (Å²) in [6, 6.07) is 18.5. The fourth-order valence-corrected chi connectivity index (χ4v) is 2.78. The number of halogens is 1. The molecule has 2 heterocycles. The van der Waals surface area contributed by atoms with Crippen LogP contribution in [0.3, 0.4) is 0 Å². The van der Waals surface area contributed by atoms with Gasteiger partial charge in [-0.3, -0.25) is 4.79 Å². The third kappa shape index (κ3) is 4.85. The number of aromatic nitrogens is 4. The number of nitrogens with one attached hydrogen (secondary N) is 1. The summed E-state index contributed by atoms with van der Waals surface area (Å²) in [5.74, 6) is 0.197. The smallest absolute Gasteiger partial charge is 0.256 e. The van der Waals surface area contributed by atoms with Crippen LogP contribution in [0.5, 0.6) is 5.75 Å². The minimum Gasteiger partial charge on any atom is -0.483 e. The zero-order chi connectivity index (χ0) is 20.8. The van der Waals surface area contributed by atoms with Gasteiger partial charge in [-0.1, -0.05) is 35.5 Å². The quantitative estimate of drug-likeness (QED) is 0.509. The molecular weight excluding hydrogens is 385 g/mol. The number of hydrogen-bond donors (Lipinski definition) is 1. The molecule has 1 amide bonds. The van der Waals surface area contributed by atoms with Crippen molar-refractivity contribution in [2.45, 2.75) is 13.2 Å². The molecular formula is C22H18FN5O2. The summed E-state index contributed by atoms with van der Waals surface area (Å²) in [4.78, 5) is 16.6. The molecule has 1 N–H and O–H groups in total. The van der Waals surface area contributed by atoms with Gasteiger partial charge in [0.05, 0.1) is 12.7 Å². The van der Waals surface area contributed by atoms with Crippen LogP contribution < -0.4 is 10.1 Å². The fraction of sp³-hybridized carbons (Fsp3) is 0.0909. The Hall–Kier alpha value is -4.07. The number of benzene rings is 2. The Morgan fingerprint density at radius 1 is 1.03 bits per heavy atom. The van der Waals surface area contributed by atoms with Crippen molar-refractivity contribution in [2.24, 2.45) is 0 Å². The summed E-state index contributed by atoms with van der Waals surface area (Å²) in [5, 5.41) is 10.9. The van der Waals surface area contributed by atoms with Gasteiger partial charge in [0.15, 0.2) is 11.6 Å². The summed E-state index contributed by atoms with van der Waals surface area (Å²) in [6.45, 7) is 0.627. The molecule has 150 valence electrons. The van der Waals surface area contributed by atoms with Crippen molar-refractivity contribution in [3.05, 3.63) is 102 Å². The lowest BCUT2D eigenvalue weighted by molar-refractivity contribution is 0.102. The van der Waals surface area contributed by atoms with Gasteiger partial charge in [0, 0.05) is 11.8 Å². The molecule has 0 aliphatic heterocycles. The van der Waals surface area contributed by atoms with E-state index in [4.69, 9.17) is 4.74 Å². The first-order valence-corrected chi connectivity index (χ1v) is 9.25. The Morgan fingerprint density at radius 3 is 2.63 bits per heavy atom. The fourth-order valence-electron chi connectivity index (χ4n) is 2.78. The first-order valence-electron chi connectivity index (χ1n) is 9.25. The molecule has 0 aliphatic rings. The van der Waals surface area contributed by atoms with Crippen molar-refractivity contribution in [1.29, 1.82) is 0 Å². The molecule has 4 aromatic rings. The van der Waals surface area contributed by atoms with Gasteiger partial charge in [0.25, 0.3) is 5.91 Å². The number of pyridine rings is 1. The molecule has 30 heavy (non-hydrogen) atoms. The van der Waals surface area contributed by atoms with Crippen LogP contribution in [0.25, 0.3) is 0 Å². The van der Waals surface area contributed by atoms with E-state index in [1.165, 1.54) is 12.1 Å². The Bertz CT molecular complexity index is 1130. The number of carbonyl (C=O) groups is 1. The second-order valence-electron chi connectivity index (χ2n) is 6.49. The summed E-state index contributed by atoms with van der Waals surface area (Å²) < 4.78 is 20.5. The van der Waals surface area contributed by atoms with Crippen LogP contribution in [0.1, 0.15) is 21.6 Å². The number of anilines is 1. The van der Waals surface area contributed by atoms with Crippen molar-refractivity contribution in [3.63, 3.8) is 0 Å². The number of rotatable bonds is 7. The van der Waals surface area contributed by atoms with Gasteiger partial charge in [0.1, 0.15) is 18.1 Å². The Kier molecular flexibility index (Phi) is 5.75. The molecule has 0 radical (unpaired) electrons. The third-order valence-electron chi connectivity index (χ3n) is 4.26. The molecule has 4 rings (SSSR count). The molecule has 8 heteroatoms. The van der Waals surface area contributed by atoms with Crippen LogP contribution in [0, 0.1) is 5.82 Å². The van der Waals surface area contributed by atoms with Gasteiger partial charge in [-0.25, -0.2) is 14.1 Å². The van der Waals surface area contributed by atoms with Crippen molar-refractivity contribution < 1.29 is 13.9 Å². The molecule has 0 aliphatic carbocycles. The van der Waals surface area contributed by atoms with Crippen LogP contribution in [-0.4, -0.2) is 25.9 Å². The maximum Gasteiger partial charge on any atom is 0.256 e. The standard InChI is InChI=1S/C22H18FN5O2/c23-18-10-8-16(9-11-18)13-28-14-19(26-27-28)15-30-20-7-4-12-24-21(20)25-22(29)17-5-2-1-3-6-17/h1-12,14H,13,15H2,(H,24,25,29). The number of amides is 1. The molecule has 2 aromatic carbocycles. The Labute approximate surface area is 172 Å². The molecule has 0 spiro atoms. The lowest BCUT2D eigenvalue weighted by Gasteiger charge is -2.10. The maximum atomic E-state index is 13.0. The van der Waals surface area contributed by atoms with E-state index in [1.54, 1.807) is 65.6 Å². The highest BCUT2D eigenvalue weighted by molar-refractivity contribution is 6.04. The first kappa shape index (κ1) is 19.3. The highest BCUT2D eigenvalue weighted by Crippen LogP contribution is 2.22. The number of nitrogens with zero attached hydrogens (tertiary/aromatic N) is 4. The lowest BCUT2D eigenvalue weighted by Crippen LogP contribution is -2.14. The monoisotopic (exact) mass is 403 g/mol. The van der Waals surface area contributed by atoms with Crippen molar-refractivity contribution in [1.82, 2.24) is 20.0 Å².